The van der Waals surface area contributed by atoms with Crippen molar-refractivity contribution in [1.82, 2.24) is 19.7 Å². The summed E-state index contributed by atoms with van der Waals surface area (Å²) in [5, 5.41) is 8.77. The lowest BCUT2D eigenvalue weighted by atomic mass is 10.3. The highest BCUT2D eigenvalue weighted by Gasteiger charge is 2.18. The van der Waals surface area contributed by atoms with E-state index < -0.39 is 0 Å². The summed E-state index contributed by atoms with van der Waals surface area (Å²) in [5.41, 5.74) is 1.79. The first-order valence-electron chi connectivity index (χ1n) is 8.19. The van der Waals surface area contributed by atoms with Crippen molar-refractivity contribution >= 4 is 34.0 Å². The number of carbonyl (C=O) groups is 1. The molecule has 0 aliphatic carbocycles. The molecule has 0 radical (unpaired) electrons. The molecule has 4 aromatic rings. The Balaban J connectivity index is 1.59. The van der Waals surface area contributed by atoms with Gasteiger partial charge in [-0.05, 0) is 39.0 Å². The van der Waals surface area contributed by atoms with Crippen LogP contribution in [0.25, 0.3) is 21.8 Å². The number of furan rings is 1. The van der Waals surface area contributed by atoms with Crippen molar-refractivity contribution in [3.8, 4) is 10.8 Å². The molecule has 0 saturated heterocycles. The Morgan fingerprint density at radius 1 is 1.35 bits per heavy atom. The largest absolute Gasteiger partial charge is 0.462 e. The maximum absolute atomic E-state index is 12.6. The summed E-state index contributed by atoms with van der Waals surface area (Å²) in [6, 6.07) is 5.70. The zero-order chi connectivity index (χ0) is 18.3. The molecule has 0 spiro atoms. The van der Waals surface area contributed by atoms with Gasteiger partial charge in [0.1, 0.15) is 5.69 Å². The van der Waals surface area contributed by atoms with E-state index in [4.69, 9.17) is 4.42 Å². The first-order chi connectivity index (χ1) is 12.5. The lowest BCUT2D eigenvalue weighted by molar-refractivity contribution is 0.102. The van der Waals surface area contributed by atoms with Crippen LogP contribution in [-0.2, 0) is 0 Å². The van der Waals surface area contributed by atoms with Crippen molar-refractivity contribution in [3.05, 3.63) is 47.4 Å². The van der Waals surface area contributed by atoms with Gasteiger partial charge < -0.3 is 9.73 Å². The predicted octanol–water partition coefficient (Wildman–Crippen LogP) is 4.29. The molecule has 0 atom stereocenters. The Bertz CT molecular complexity index is 1080. The van der Waals surface area contributed by atoms with Crippen LogP contribution in [-0.4, -0.2) is 25.7 Å². The van der Waals surface area contributed by atoms with E-state index in [2.05, 4.69) is 20.4 Å². The molecule has 7 nitrogen and oxygen atoms in total. The van der Waals surface area contributed by atoms with Crippen LogP contribution in [0.4, 0.5) is 5.69 Å². The molecule has 4 rings (SSSR count). The molecule has 0 aliphatic rings. The number of thiazole rings is 1. The number of aromatic nitrogens is 4. The SMILES string of the molecule is Cc1sc(-c2ccco2)nc1C(=O)Nc1cnc2c(cnn2C(C)C)c1. The number of pyridine rings is 1. The van der Waals surface area contributed by atoms with Crippen LogP contribution in [0, 0.1) is 6.92 Å². The van der Waals surface area contributed by atoms with Gasteiger partial charge in [0.25, 0.3) is 5.91 Å². The van der Waals surface area contributed by atoms with Crippen molar-refractivity contribution < 1.29 is 9.21 Å². The van der Waals surface area contributed by atoms with Crippen LogP contribution >= 0.6 is 11.3 Å². The molecule has 8 heteroatoms. The fourth-order valence-electron chi connectivity index (χ4n) is 2.69. The molecular weight excluding hydrogens is 350 g/mol. The van der Waals surface area contributed by atoms with Gasteiger partial charge in [0, 0.05) is 16.3 Å². The number of amides is 1. The van der Waals surface area contributed by atoms with Crippen molar-refractivity contribution in [2.75, 3.05) is 5.32 Å². The number of aryl methyl sites for hydroxylation is 1. The molecule has 1 N–H and O–H groups in total. The van der Waals surface area contributed by atoms with Crippen molar-refractivity contribution in [2.24, 2.45) is 0 Å². The number of carbonyl (C=O) groups excluding carboxylic acids is 1. The van der Waals surface area contributed by atoms with E-state index in [1.807, 2.05) is 37.6 Å². The van der Waals surface area contributed by atoms with Gasteiger partial charge in [-0.25, -0.2) is 14.6 Å². The predicted molar refractivity (Wildman–Crippen MR) is 100 cm³/mol. The second kappa shape index (κ2) is 6.38. The van der Waals surface area contributed by atoms with Crippen LogP contribution < -0.4 is 5.32 Å². The maximum Gasteiger partial charge on any atom is 0.275 e. The van der Waals surface area contributed by atoms with Crippen LogP contribution in [0.5, 0.6) is 0 Å². The number of anilines is 1. The second-order valence-corrected chi connectivity index (χ2v) is 7.38. The van der Waals surface area contributed by atoms with Crippen LogP contribution in [0.15, 0.2) is 41.3 Å². The van der Waals surface area contributed by atoms with Crippen LogP contribution in [0.1, 0.15) is 35.3 Å². The summed E-state index contributed by atoms with van der Waals surface area (Å²) < 4.78 is 7.20. The topological polar surface area (TPSA) is 85.8 Å². The van der Waals surface area contributed by atoms with Gasteiger partial charge in [0.2, 0.25) is 0 Å². The van der Waals surface area contributed by atoms with Crippen LogP contribution in [0.3, 0.4) is 0 Å². The van der Waals surface area contributed by atoms with Crippen molar-refractivity contribution in [2.45, 2.75) is 26.8 Å². The molecule has 0 bridgehead atoms. The minimum absolute atomic E-state index is 0.220. The number of fused-ring (bicyclic) bond motifs is 1. The number of hydrogen-bond donors (Lipinski definition) is 1. The summed E-state index contributed by atoms with van der Waals surface area (Å²) >= 11 is 1.43. The number of hydrogen-bond acceptors (Lipinski definition) is 6. The minimum Gasteiger partial charge on any atom is -0.462 e. The van der Waals surface area contributed by atoms with Gasteiger partial charge in [-0.15, -0.1) is 11.3 Å². The average Bonchev–Trinajstić information content (AvgIpc) is 3.33. The Labute approximate surface area is 153 Å². The third-order valence-electron chi connectivity index (χ3n) is 3.92. The van der Waals surface area contributed by atoms with E-state index >= 15 is 0 Å². The second-order valence-electron chi connectivity index (χ2n) is 6.17. The average molecular weight is 367 g/mol. The van der Waals surface area contributed by atoms with Gasteiger partial charge >= 0.3 is 0 Å². The fourth-order valence-corrected chi connectivity index (χ4v) is 3.57. The van der Waals surface area contributed by atoms with E-state index in [0.29, 0.717) is 22.1 Å². The Morgan fingerprint density at radius 3 is 2.92 bits per heavy atom. The Morgan fingerprint density at radius 2 is 2.19 bits per heavy atom. The van der Waals surface area contributed by atoms with Crippen LogP contribution in [0.2, 0.25) is 0 Å². The quantitative estimate of drug-likeness (QED) is 0.581. The molecule has 0 aromatic carbocycles. The van der Waals surface area contributed by atoms with Crippen molar-refractivity contribution in [3.63, 3.8) is 0 Å². The number of nitrogens with zero attached hydrogens (tertiary/aromatic N) is 4. The van der Waals surface area contributed by atoms with Crippen molar-refractivity contribution in [1.29, 1.82) is 0 Å². The van der Waals surface area contributed by atoms with E-state index in [9.17, 15) is 4.79 Å². The zero-order valence-corrected chi connectivity index (χ0v) is 15.4. The highest BCUT2D eigenvalue weighted by atomic mass is 32.1. The summed E-state index contributed by atoms with van der Waals surface area (Å²) in [7, 11) is 0. The summed E-state index contributed by atoms with van der Waals surface area (Å²) in [6.07, 6.45) is 4.97. The van der Waals surface area contributed by atoms with Gasteiger partial charge in [0.15, 0.2) is 16.4 Å². The monoisotopic (exact) mass is 367 g/mol. The summed E-state index contributed by atoms with van der Waals surface area (Å²) in [4.78, 5) is 22.3. The van der Waals surface area contributed by atoms with E-state index in [-0.39, 0.29) is 11.9 Å². The molecule has 1 amide bonds. The first-order valence-corrected chi connectivity index (χ1v) is 9.00. The molecule has 0 aliphatic heterocycles. The highest BCUT2D eigenvalue weighted by Crippen LogP contribution is 2.28. The van der Waals surface area contributed by atoms with E-state index in [1.165, 1.54) is 11.3 Å². The van der Waals surface area contributed by atoms with Gasteiger partial charge in [-0.1, -0.05) is 0 Å². The first kappa shape index (κ1) is 16.5. The lowest BCUT2D eigenvalue weighted by Crippen LogP contribution is -2.13. The molecule has 132 valence electrons. The molecule has 0 unspecified atom stereocenters. The number of nitrogens with one attached hydrogen (secondary N) is 1. The van der Waals surface area contributed by atoms with Gasteiger partial charge in [-0.3, -0.25) is 4.79 Å². The summed E-state index contributed by atoms with van der Waals surface area (Å²) in [6.45, 7) is 5.96. The molecule has 4 aromatic heterocycles. The highest BCUT2D eigenvalue weighted by molar-refractivity contribution is 7.15. The standard InChI is InChI=1S/C18H17N5O2S/c1-10(2)23-16-12(8-20-23)7-13(9-19-16)21-17(24)15-11(3)26-18(22-15)14-5-4-6-25-14/h4-10H,1-3H3,(H,21,24). The zero-order valence-electron chi connectivity index (χ0n) is 14.6. The maximum atomic E-state index is 12.6. The fraction of sp³-hybridized carbons (Fsp3) is 0.222. The normalized spacial score (nSPS) is 11.4. The smallest absolute Gasteiger partial charge is 0.275 e. The molecular formula is C18H17N5O2S. The summed E-state index contributed by atoms with van der Waals surface area (Å²) in [5.74, 6) is 0.385. The van der Waals surface area contributed by atoms with Gasteiger partial charge in [0.05, 0.1) is 24.3 Å². The molecule has 4 heterocycles. The molecule has 26 heavy (non-hydrogen) atoms. The molecule has 0 fully saturated rings. The third kappa shape index (κ3) is 2.88. The number of rotatable bonds is 4. The van der Waals surface area contributed by atoms with Gasteiger partial charge in [-0.2, -0.15) is 5.10 Å². The Hall–Kier alpha value is -3.00. The van der Waals surface area contributed by atoms with E-state index in [1.54, 1.807) is 24.7 Å². The third-order valence-corrected chi connectivity index (χ3v) is 4.91. The lowest BCUT2D eigenvalue weighted by Gasteiger charge is -2.07. The van der Waals surface area contributed by atoms with E-state index in [0.717, 1.165) is 15.9 Å². The minimum atomic E-state index is -0.269. The Kier molecular flexibility index (Phi) is 4.04. The molecule has 0 saturated carbocycles.